The van der Waals surface area contributed by atoms with Crippen molar-refractivity contribution in [1.82, 2.24) is 0 Å². The van der Waals surface area contributed by atoms with Crippen molar-refractivity contribution in [2.24, 2.45) is 0 Å². The van der Waals surface area contributed by atoms with Crippen molar-refractivity contribution in [2.75, 3.05) is 11.4 Å². The smallest absolute Gasteiger partial charge is 0.200 e. The molecule has 1 aromatic carbocycles. The predicted octanol–water partition coefficient (Wildman–Crippen LogP) is 3.25. The number of hydrogen-bond acceptors (Lipinski definition) is 3. The molecule has 1 heterocycles. The molecule has 0 saturated heterocycles. The maximum absolute atomic E-state index is 10.6. The number of rotatable bonds is 4. The fourth-order valence-corrected chi connectivity index (χ4v) is 1.62. The van der Waals surface area contributed by atoms with Crippen LogP contribution in [0.2, 0.25) is 0 Å². The second kappa shape index (κ2) is 4.66. The molecular weight excluding hydrogens is 202 g/mol. The number of benzene rings is 1. The summed E-state index contributed by atoms with van der Waals surface area (Å²) in [5, 5.41) is 0. The van der Waals surface area contributed by atoms with E-state index in [9.17, 15) is 4.79 Å². The zero-order valence-electron chi connectivity index (χ0n) is 9.09. The molecule has 0 amide bonds. The molecule has 1 aromatic heterocycles. The summed E-state index contributed by atoms with van der Waals surface area (Å²) in [5.41, 5.74) is 1.05. The number of furan rings is 1. The minimum atomic E-state index is 0.351. The van der Waals surface area contributed by atoms with Gasteiger partial charge in [-0.1, -0.05) is 18.2 Å². The molecule has 0 fully saturated rings. The number of carbonyl (C=O) groups excluding carboxylic acids is 1. The van der Waals surface area contributed by atoms with E-state index < -0.39 is 0 Å². The molecular formula is C13H13NO2. The fraction of sp³-hybridized carbons (Fsp3) is 0.154. The first-order chi connectivity index (χ1) is 7.85. The van der Waals surface area contributed by atoms with Crippen LogP contribution in [0.4, 0.5) is 11.6 Å². The molecule has 0 aliphatic heterocycles. The van der Waals surface area contributed by atoms with Crippen LogP contribution in [0.25, 0.3) is 0 Å². The van der Waals surface area contributed by atoms with E-state index in [1.54, 1.807) is 12.1 Å². The van der Waals surface area contributed by atoms with Crippen LogP contribution in [0.5, 0.6) is 0 Å². The zero-order valence-corrected chi connectivity index (χ0v) is 9.09. The number of nitrogens with zero attached hydrogens (tertiary/aromatic N) is 1. The van der Waals surface area contributed by atoms with Crippen LogP contribution in [0.15, 0.2) is 46.9 Å². The van der Waals surface area contributed by atoms with Gasteiger partial charge in [-0.3, -0.25) is 4.79 Å². The minimum absolute atomic E-state index is 0.351. The van der Waals surface area contributed by atoms with Crippen LogP contribution in [0, 0.1) is 0 Å². The highest BCUT2D eigenvalue weighted by Gasteiger charge is 2.10. The Labute approximate surface area is 94.3 Å². The van der Waals surface area contributed by atoms with Crippen molar-refractivity contribution in [3.8, 4) is 0 Å². The van der Waals surface area contributed by atoms with Gasteiger partial charge in [-0.25, -0.2) is 0 Å². The number of anilines is 2. The van der Waals surface area contributed by atoms with E-state index in [-0.39, 0.29) is 0 Å². The molecule has 0 atom stereocenters. The topological polar surface area (TPSA) is 33.5 Å². The second-order valence-electron chi connectivity index (χ2n) is 3.37. The third kappa shape index (κ3) is 1.98. The normalized spacial score (nSPS) is 10.1. The first-order valence-corrected chi connectivity index (χ1v) is 5.22. The lowest BCUT2D eigenvalue weighted by Gasteiger charge is -2.19. The Balaban J connectivity index is 2.32. The van der Waals surface area contributed by atoms with Crippen molar-refractivity contribution in [2.45, 2.75) is 6.92 Å². The molecule has 3 nitrogen and oxygen atoms in total. The van der Waals surface area contributed by atoms with Gasteiger partial charge in [-0.05, 0) is 25.1 Å². The molecule has 0 unspecified atom stereocenters. The average Bonchev–Trinajstić information content (AvgIpc) is 2.80. The lowest BCUT2D eigenvalue weighted by molar-refractivity contribution is 0.110. The molecule has 82 valence electrons. The van der Waals surface area contributed by atoms with Gasteiger partial charge in [0.25, 0.3) is 0 Å². The van der Waals surface area contributed by atoms with Crippen molar-refractivity contribution in [3.05, 3.63) is 48.2 Å². The number of para-hydroxylation sites is 1. The monoisotopic (exact) mass is 215 g/mol. The summed E-state index contributed by atoms with van der Waals surface area (Å²) in [6.07, 6.45) is 0.711. The van der Waals surface area contributed by atoms with Gasteiger partial charge in [0.05, 0.1) is 0 Å². The average molecular weight is 215 g/mol. The van der Waals surface area contributed by atoms with Crippen molar-refractivity contribution < 1.29 is 9.21 Å². The Bertz CT molecular complexity index is 462. The predicted molar refractivity (Wildman–Crippen MR) is 63.2 cm³/mol. The molecule has 3 heteroatoms. The van der Waals surface area contributed by atoms with Gasteiger partial charge in [0.1, 0.15) is 0 Å². The third-order valence-electron chi connectivity index (χ3n) is 2.38. The zero-order chi connectivity index (χ0) is 11.4. The van der Waals surface area contributed by atoms with Crippen LogP contribution >= 0.6 is 0 Å². The maximum atomic E-state index is 10.6. The largest absolute Gasteiger partial charge is 0.437 e. The molecule has 0 bridgehead atoms. The highest BCUT2D eigenvalue weighted by molar-refractivity contribution is 5.72. The van der Waals surface area contributed by atoms with E-state index in [0.29, 0.717) is 17.9 Å². The Morgan fingerprint density at radius 2 is 1.94 bits per heavy atom. The lowest BCUT2D eigenvalue weighted by atomic mass is 10.3. The second-order valence-corrected chi connectivity index (χ2v) is 3.37. The van der Waals surface area contributed by atoms with Crippen LogP contribution in [-0.4, -0.2) is 12.8 Å². The Hall–Kier alpha value is -2.03. The summed E-state index contributed by atoms with van der Waals surface area (Å²) < 4.78 is 5.40. The van der Waals surface area contributed by atoms with Crippen molar-refractivity contribution in [3.63, 3.8) is 0 Å². The first kappa shape index (κ1) is 10.5. The van der Waals surface area contributed by atoms with Crippen LogP contribution in [0.1, 0.15) is 17.5 Å². The molecule has 0 saturated carbocycles. The molecule has 0 aliphatic rings. The van der Waals surface area contributed by atoms with Crippen molar-refractivity contribution >= 4 is 17.9 Å². The van der Waals surface area contributed by atoms with Gasteiger partial charge in [0.2, 0.25) is 5.88 Å². The number of aldehydes is 1. The summed E-state index contributed by atoms with van der Waals surface area (Å²) in [4.78, 5) is 12.6. The van der Waals surface area contributed by atoms with Crippen LogP contribution < -0.4 is 4.90 Å². The summed E-state index contributed by atoms with van der Waals surface area (Å²) in [5.74, 6) is 1.04. The van der Waals surface area contributed by atoms with Gasteiger partial charge in [-0.15, -0.1) is 0 Å². The Morgan fingerprint density at radius 3 is 2.50 bits per heavy atom. The van der Waals surface area contributed by atoms with Crippen LogP contribution in [0.3, 0.4) is 0 Å². The summed E-state index contributed by atoms with van der Waals surface area (Å²) in [6, 6.07) is 13.4. The molecule has 2 aromatic rings. The van der Waals surface area contributed by atoms with Gasteiger partial charge in [-0.2, -0.15) is 0 Å². The summed E-state index contributed by atoms with van der Waals surface area (Å²) in [6.45, 7) is 2.83. The van der Waals surface area contributed by atoms with E-state index in [0.717, 1.165) is 12.2 Å². The molecule has 2 rings (SSSR count). The van der Waals surface area contributed by atoms with Gasteiger partial charge >= 0.3 is 0 Å². The minimum Gasteiger partial charge on any atom is -0.437 e. The summed E-state index contributed by atoms with van der Waals surface area (Å²) >= 11 is 0. The van der Waals surface area contributed by atoms with Gasteiger partial charge in [0.15, 0.2) is 12.0 Å². The quantitative estimate of drug-likeness (QED) is 0.734. The number of carbonyl (C=O) groups is 1. The third-order valence-corrected chi connectivity index (χ3v) is 2.38. The molecule has 0 N–H and O–H groups in total. The van der Waals surface area contributed by atoms with Crippen LogP contribution in [-0.2, 0) is 0 Å². The van der Waals surface area contributed by atoms with E-state index in [1.165, 1.54) is 0 Å². The lowest BCUT2D eigenvalue weighted by Crippen LogP contribution is -2.14. The Morgan fingerprint density at radius 1 is 1.19 bits per heavy atom. The highest BCUT2D eigenvalue weighted by atomic mass is 16.4. The number of hydrogen-bond donors (Lipinski definition) is 0. The van der Waals surface area contributed by atoms with E-state index >= 15 is 0 Å². The van der Waals surface area contributed by atoms with E-state index in [1.807, 2.05) is 42.2 Å². The molecule has 16 heavy (non-hydrogen) atoms. The maximum Gasteiger partial charge on any atom is 0.200 e. The van der Waals surface area contributed by atoms with E-state index in [2.05, 4.69) is 0 Å². The fourth-order valence-electron chi connectivity index (χ4n) is 1.62. The summed E-state index contributed by atoms with van der Waals surface area (Å²) in [7, 11) is 0. The Kier molecular flexibility index (Phi) is 3.05. The van der Waals surface area contributed by atoms with Gasteiger partial charge in [0, 0.05) is 18.3 Å². The SMILES string of the molecule is CCN(c1ccccc1)c1ccc(C=O)o1. The highest BCUT2D eigenvalue weighted by Crippen LogP contribution is 2.26. The van der Waals surface area contributed by atoms with Crippen molar-refractivity contribution in [1.29, 1.82) is 0 Å². The first-order valence-electron chi connectivity index (χ1n) is 5.22. The molecule has 0 spiro atoms. The van der Waals surface area contributed by atoms with Gasteiger partial charge < -0.3 is 9.32 Å². The van der Waals surface area contributed by atoms with E-state index in [4.69, 9.17) is 4.42 Å². The standard InChI is InChI=1S/C13H13NO2/c1-2-14(11-6-4-3-5-7-11)13-9-8-12(10-15)16-13/h3-10H,2H2,1H3. The molecule has 0 radical (unpaired) electrons. The molecule has 0 aliphatic carbocycles.